The van der Waals surface area contributed by atoms with Crippen LogP contribution in [0.3, 0.4) is 0 Å². The van der Waals surface area contributed by atoms with Gasteiger partial charge in [-0.05, 0) is 33.8 Å². The van der Waals surface area contributed by atoms with Crippen molar-refractivity contribution in [1.29, 1.82) is 0 Å². The molecule has 1 N–H and O–H groups in total. The number of carbonyl (C=O) groups excluding carboxylic acids is 2. The standard InChI is InChI=1S/C14H18N4O4/c1-5-21-12(19)11-16-10-8-9(6-7-18(10)17-11)15-13(20)22-14(2,3)4/h6-8H,5H2,1-4H3,(H,15,20). The molecule has 0 fully saturated rings. The molecule has 0 bridgehead atoms. The first-order valence-corrected chi connectivity index (χ1v) is 6.82. The number of nitrogens with one attached hydrogen (secondary N) is 1. The van der Waals surface area contributed by atoms with Crippen LogP contribution in [0.2, 0.25) is 0 Å². The summed E-state index contributed by atoms with van der Waals surface area (Å²) < 4.78 is 11.4. The van der Waals surface area contributed by atoms with Gasteiger partial charge in [0.15, 0.2) is 5.65 Å². The molecule has 0 atom stereocenters. The molecule has 0 spiro atoms. The quantitative estimate of drug-likeness (QED) is 0.874. The summed E-state index contributed by atoms with van der Waals surface area (Å²) in [6, 6.07) is 3.21. The highest BCUT2D eigenvalue weighted by Crippen LogP contribution is 2.14. The number of hydrogen-bond donors (Lipinski definition) is 1. The summed E-state index contributed by atoms with van der Waals surface area (Å²) in [6.45, 7) is 7.29. The van der Waals surface area contributed by atoms with E-state index in [1.54, 1.807) is 46.0 Å². The SMILES string of the molecule is CCOC(=O)c1nc2cc(NC(=O)OC(C)(C)C)ccn2n1. The third-order valence-corrected chi connectivity index (χ3v) is 2.44. The predicted molar refractivity (Wildman–Crippen MR) is 78.8 cm³/mol. The zero-order valence-electron chi connectivity index (χ0n) is 12.9. The zero-order chi connectivity index (χ0) is 16.3. The normalized spacial score (nSPS) is 11.3. The summed E-state index contributed by atoms with van der Waals surface area (Å²) in [5.74, 6) is -0.621. The third-order valence-electron chi connectivity index (χ3n) is 2.44. The molecule has 8 nitrogen and oxygen atoms in total. The van der Waals surface area contributed by atoms with E-state index in [9.17, 15) is 9.59 Å². The second-order valence-corrected chi connectivity index (χ2v) is 5.50. The van der Waals surface area contributed by atoms with E-state index in [1.165, 1.54) is 4.52 Å². The molecule has 0 saturated carbocycles. The van der Waals surface area contributed by atoms with E-state index < -0.39 is 17.7 Å². The minimum Gasteiger partial charge on any atom is -0.460 e. The Hall–Kier alpha value is -2.64. The first kappa shape index (κ1) is 15.7. The predicted octanol–water partition coefficient (Wildman–Crippen LogP) is 2.25. The van der Waals surface area contributed by atoms with E-state index in [0.717, 1.165) is 0 Å². The average Bonchev–Trinajstić information content (AvgIpc) is 2.79. The Bertz CT molecular complexity index is 702. The largest absolute Gasteiger partial charge is 0.460 e. The van der Waals surface area contributed by atoms with Crippen molar-refractivity contribution in [3.8, 4) is 0 Å². The van der Waals surface area contributed by atoms with Gasteiger partial charge in [0.05, 0.1) is 6.61 Å². The maximum atomic E-state index is 11.7. The fourth-order valence-electron chi connectivity index (χ4n) is 1.66. The lowest BCUT2D eigenvalue weighted by molar-refractivity contribution is 0.0511. The molecule has 0 aromatic carbocycles. The van der Waals surface area contributed by atoms with Crippen LogP contribution in [-0.2, 0) is 9.47 Å². The van der Waals surface area contributed by atoms with Crippen molar-refractivity contribution in [3.05, 3.63) is 24.2 Å². The molecular formula is C14H18N4O4. The van der Waals surface area contributed by atoms with E-state index in [1.807, 2.05) is 0 Å². The number of anilines is 1. The first-order chi connectivity index (χ1) is 10.3. The second kappa shape index (κ2) is 6.00. The van der Waals surface area contributed by atoms with Crippen LogP contribution in [0.4, 0.5) is 10.5 Å². The molecule has 2 heterocycles. The van der Waals surface area contributed by atoms with E-state index in [-0.39, 0.29) is 12.4 Å². The fourth-order valence-corrected chi connectivity index (χ4v) is 1.66. The fraction of sp³-hybridized carbons (Fsp3) is 0.429. The van der Waals surface area contributed by atoms with Gasteiger partial charge in [-0.25, -0.2) is 19.1 Å². The van der Waals surface area contributed by atoms with Gasteiger partial charge in [0.25, 0.3) is 5.82 Å². The van der Waals surface area contributed by atoms with Crippen molar-refractivity contribution >= 4 is 23.4 Å². The molecule has 2 rings (SSSR count). The molecule has 118 valence electrons. The molecule has 8 heteroatoms. The molecule has 0 unspecified atom stereocenters. The van der Waals surface area contributed by atoms with E-state index in [0.29, 0.717) is 11.3 Å². The molecule has 2 aromatic heterocycles. The third kappa shape index (κ3) is 3.94. The molecule has 0 aliphatic carbocycles. The van der Waals surface area contributed by atoms with Gasteiger partial charge in [0.1, 0.15) is 5.60 Å². The average molecular weight is 306 g/mol. The highest BCUT2D eigenvalue weighted by atomic mass is 16.6. The van der Waals surface area contributed by atoms with E-state index in [4.69, 9.17) is 9.47 Å². The van der Waals surface area contributed by atoms with Crippen molar-refractivity contribution in [2.24, 2.45) is 0 Å². The summed E-state index contributed by atoms with van der Waals surface area (Å²) in [5.41, 5.74) is 0.321. The Morgan fingerprint density at radius 1 is 1.36 bits per heavy atom. The number of pyridine rings is 1. The number of rotatable bonds is 3. The number of hydrogen-bond acceptors (Lipinski definition) is 6. The van der Waals surface area contributed by atoms with Crippen molar-refractivity contribution < 1.29 is 19.1 Å². The Morgan fingerprint density at radius 3 is 2.73 bits per heavy atom. The maximum Gasteiger partial charge on any atom is 0.412 e. The molecule has 22 heavy (non-hydrogen) atoms. The molecule has 0 radical (unpaired) electrons. The summed E-state index contributed by atoms with van der Waals surface area (Å²) in [5, 5.41) is 6.59. The van der Waals surface area contributed by atoms with Gasteiger partial charge in [-0.15, -0.1) is 5.10 Å². The lowest BCUT2D eigenvalue weighted by Crippen LogP contribution is -2.27. The van der Waals surface area contributed by atoms with Gasteiger partial charge in [-0.3, -0.25) is 5.32 Å². The molecular weight excluding hydrogens is 288 g/mol. The Balaban J connectivity index is 2.16. The van der Waals surface area contributed by atoms with Gasteiger partial charge in [-0.2, -0.15) is 0 Å². The zero-order valence-corrected chi connectivity index (χ0v) is 12.9. The highest BCUT2D eigenvalue weighted by Gasteiger charge is 2.17. The number of carbonyl (C=O) groups is 2. The molecule has 0 aliphatic rings. The van der Waals surface area contributed by atoms with Crippen LogP contribution < -0.4 is 5.32 Å². The van der Waals surface area contributed by atoms with Gasteiger partial charge in [0.2, 0.25) is 0 Å². The van der Waals surface area contributed by atoms with E-state index >= 15 is 0 Å². The highest BCUT2D eigenvalue weighted by molar-refractivity contribution is 5.87. The van der Waals surface area contributed by atoms with Gasteiger partial charge >= 0.3 is 12.1 Å². The summed E-state index contributed by atoms with van der Waals surface area (Å²) in [6.07, 6.45) is 1.01. The van der Waals surface area contributed by atoms with Crippen LogP contribution in [0, 0.1) is 0 Å². The lowest BCUT2D eigenvalue weighted by atomic mass is 10.2. The van der Waals surface area contributed by atoms with Crippen molar-refractivity contribution in [1.82, 2.24) is 14.6 Å². The molecule has 0 saturated heterocycles. The molecule has 0 aliphatic heterocycles. The number of amides is 1. The van der Waals surface area contributed by atoms with Crippen LogP contribution in [0.15, 0.2) is 18.3 Å². The van der Waals surface area contributed by atoms with Crippen LogP contribution in [-0.4, -0.2) is 38.9 Å². The number of nitrogens with zero attached hydrogens (tertiary/aromatic N) is 3. The maximum absolute atomic E-state index is 11.7. The summed E-state index contributed by atoms with van der Waals surface area (Å²) in [4.78, 5) is 27.4. The summed E-state index contributed by atoms with van der Waals surface area (Å²) in [7, 11) is 0. The minimum absolute atomic E-state index is 0.0312. The summed E-state index contributed by atoms with van der Waals surface area (Å²) >= 11 is 0. The van der Waals surface area contributed by atoms with Gasteiger partial charge in [-0.1, -0.05) is 0 Å². The van der Waals surface area contributed by atoms with Crippen molar-refractivity contribution in [3.63, 3.8) is 0 Å². The van der Waals surface area contributed by atoms with E-state index in [2.05, 4.69) is 15.4 Å². The van der Waals surface area contributed by atoms with Gasteiger partial charge < -0.3 is 9.47 Å². The molecule has 1 amide bonds. The number of ether oxygens (including phenoxy) is 2. The Morgan fingerprint density at radius 2 is 2.09 bits per heavy atom. The van der Waals surface area contributed by atoms with Gasteiger partial charge in [0, 0.05) is 18.0 Å². The smallest absolute Gasteiger partial charge is 0.412 e. The lowest BCUT2D eigenvalue weighted by Gasteiger charge is -2.19. The van der Waals surface area contributed by atoms with Crippen molar-refractivity contribution in [2.45, 2.75) is 33.3 Å². The van der Waals surface area contributed by atoms with Crippen LogP contribution in [0.1, 0.15) is 38.3 Å². The number of aromatic nitrogens is 3. The Kier molecular flexibility index (Phi) is 4.30. The second-order valence-electron chi connectivity index (χ2n) is 5.50. The number of esters is 1. The monoisotopic (exact) mass is 306 g/mol. The number of fused-ring (bicyclic) bond motifs is 1. The Labute approximate surface area is 127 Å². The van der Waals surface area contributed by atoms with Crippen molar-refractivity contribution in [2.75, 3.05) is 11.9 Å². The first-order valence-electron chi connectivity index (χ1n) is 6.82. The van der Waals surface area contributed by atoms with Crippen LogP contribution in [0.5, 0.6) is 0 Å². The van der Waals surface area contributed by atoms with Crippen LogP contribution >= 0.6 is 0 Å². The minimum atomic E-state index is -0.590. The topological polar surface area (TPSA) is 94.8 Å². The molecule has 2 aromatic rings. The van der Waals surface area contributed by atoms with Crippen LogP contribution in [0.25, 0.3) is 5.65 Å².